The van der Waals surface area contributed by atoms with Crippen LogP contribution >= 0.6 is 0 Å². The van der Waals surface area contributed by atoms with Gasteiger partial charge in [-0.2, -0.15) is 18.3 Å². The van der Waals surface area contributed by atoms with Gasteiger partial charge >= 0.3 is 6.18 Å². The Balaban J connectivity index is 1.70. The van der Waals surface area contributed by atoms with E-state index in [0.717, 1.165) is 11.4 Å². The van der Waals surface area contributed by atoms with Crippen molar-refractivity contribution in [1.29, 1.82) is 0 Å². The molecule has 0 saturated carbocycles. The average molecular weight is 360 g/mol. The Morgan fingerprint density at radius 3 is 2.80 bits per heavy atom. The van der Waals surface area contributed by atoms with Crippen molar-refractivity contribution in [2.75, 3.05) is 32.8 Å². The van der Waals surface area contributed by atoms with Crippen molar-refractivity contribution in [3.8, 4) is 0 Å². The van der Waals surface area contributed by atoms with Crippen molar-refractivity contribution in [2.24, 2.45) is 11.3 Å². The number of likely N-dealkylation sites (tertiary alicyclic amines) is 1. The Hall–Kier alpha value is -1.61. The predicted molar refractivity (Wildman–Crippen MR) is 83.6 cm³/mol. The second-order valence-electron chi connectivity index (χ2n) is 7.07. The van der Waals surface area contributed by atoms with E-state index >= 15 is 0 Å². The summed E-state index contributed by atoms with van der Waals surface area (Å²) in [6.45, 7) is 3.40. The topological polar surface area (TPSA) is 70.2 Å². The molecule has 2 saturated heterocycles. The lowest BCUT2D eigenvalue weighted by atomic mass is 9.72. The molecule has 6 nitrogen and oxygen atoms in total. The minimum atomic E-state index is -4.40. The lowest BCUT2D eigenvalue weighted by Crippen LogP contribution is -2.46. The van der Waals surface area contributed by atoms with Crippen LogP contribution in [0.1, 0.15) is 24.2 Å². The van der Waals surface area contributed by atoms with Gasteiger partial charge in [-0.1, -0.05) is 0 Å². The number of amides is 1. The van der Waals surface area contributed by atoms with Crippen molar-refractivity contribution < 1.29 is 22.7 Å². The third-order valence-corrected chi connectivity index (χ3v) is 5.13. The van der Waals surface area contributed by atoms with Gasteiger partial charge < -0.3 is 10.1 Å². The molecule has 2 N–H and O–H groups in total. The van der Waals surface area contributed by atoms with Gasteiger partial charge in [0, 0.05) is 44.0 Å². The summed E-state index contributed by atoms with van der Waals surface area (Å²) in [5.74, 6) is -0.973. The van der Waals surface area contributed by atoms with Crippen LogP contribution in [0.25, 0.3) is 0 Å². The lowest BCUT2D eigenvalue weighted by molar-refractivity contribution is -0.143. The van der Waals surface area contributed by atoms with Crippen LogP contribution < -0.4 is 5.32 Å². The molecule has 140 valence electrons. The zero-order chi connectivity index (χ0) is 18.1. The molecule has 1 amide bonds. The Morgan fingerprint density at radius 1 is 1.48 bits per heavy atom. The zero-order valence-electron chi connectivity index (χ0n) is 14.2. The van der Waals surface area contributed by atoms with E-state index in [1.807, 2.05) is 13.0 Å². The maximum Gasteiger partial charge on any atom is 0.405 e. The van der Waals surface area contributed by atoms with E-state index in [-0.39, 0.29) is 5.41 Å². The molecule has 1 aromatic heterocycles. The first kappa shape index (κ1) is 18.2. The van der Waals surface area contributed by atoms with E-state index in [0.29, 0.717) is 45.7 Å². The minimum Gasteiger partial charge on any atom is -0.381 e. The molecule has 2 aliphatic heterocycles. The molecule has 3 heterocycles. The van der Waals surface area contributed by atoms with Crippen molar-refractivity contribution >= 4 is 5.91 Å². The fourth-order valence-electron chi connectivity index (χ4n) is 3.93. The maximum absolute atomic E-state index is 12.5. The van der Waals surface area contributed by atoms with Crippen LogP contribution in [0, 0.1) is 18.3 Å². The van der Waals surface area contributed by atoms with Gasteiger partial charge in [0.25, 0.3) is 0 Å². The molecule has 1 aromatic rings. The molecule has 2 fully saturated rings. The Morgan fingerprint density at radius 2 is 2.20 bits per heavy atom. The molecule has 1 spiro atoms. The first-order valence-corrected chi connectivity index (χ1v) is 8.43. The number of rotatable bonds is 4. The highest BCUT2D eigenvalue weighted by Crippen LogP contribution is 2.44. The SMILES string of the molecule is Cc1cc(CN2CC(C(=O)NCC(F)(F)F)C3(CCOCC3)C2)n[nH]1. The minimum absolute atomic E-state index is 0.320. The van der Waals surface area contributed by atoms with Crippen LogP contribution in [0.5, 0.6) is 0 Å². The second kappa shape index (κ2) is 6.95. The van der Waals surface area contributed by atoms with Gasteiger partial charge in [-0.05, 0) is 25.8 Å². The number of alkyl halides is 3. The quantitative estimate of drug-likeness (QED) is 0.856. The Bertz CT molecular complexity index is 611. The van der Waals surface area contributed by atoms with Crippen molar-refractivity contribution in [3.63, 3.8) is 0 Å². The molecule has 0 aliphatic carbocycles. The average Bonchev–Trinajstić information content (AvgIpc) is 3.09. The number of hydrogen-bond donors (Lipinski definition) is 2. The largest absolute Gasteiger partial charge is 0.405 e. The number of hydrogen-bond acceptors (Lipinski definition) is 4. The fourth-order valence-corrected chi connectivity index (χ4v) is 3.93. The number of nitrogens with zero attached hydrogens (tertiary/aromatic N) is 2. The number of halogens is 3. The second-order valence-corrected chi connectivity index (χ2v) is 7.07. The number of ether oxygens (including phenoxy) is 1. The van der Waals surface area contributed by atoms with Gasteiger partial charge in [-0.15, -0.1) is 0 Å². The van der Waals surface area contributed by atoms with Gasteiger partial charge in [0.1, 0.15) is 6.54 Å². The van der Waals surface area contributed by atoms with E-state index in [1.165, 1.54) is 0 Å². The van der Waals surface area contributed by atoms with E-state index in [2.05, 4.69) is 20.4 Å². The Labute approximate surface area is 144 Å². The van der Waals surface area contributed by atoms with Crippen LogP contribution in [0.4, 0.5) is 13.2 Å². The monoisotopic (exact) mass is 360 g/mol. The molecule has 25 heavy (non-hydrogen) atoms. The summed E-state index contributed by atoms with van der Waals surface area (Å²) in [4.78, 5) is 14.6. The van der Waals surface area contributed by atoms with Gasteiger partial charge in [-0.25, -0.2) is 0 Å². The van der Waals surface area contributed by atoms with E-state index in [4.69, 9.17) is 4.74 Å². The number of aromatic nitrogens is 2. The zero-order valence-corrected chi connectivity index (χ0v) is 14.2. The first-order chi connectivity index (χ1) is 11.8. The number of nitrogens with one attached hydrogen (secondary N) is 2. The molecule has 1 unspecified atom stereocenters. The predicted octanol–water partition coefficient (Wildman–Crippen LogP) is 1.63. The van der Waals surface area contributed by atoms with Gasteiger partial charge in [0.2, 0.25) is 5.91 Å². The number of H-pyrrole nitrogens is 1. The van der Waals surface area contributed by atoms with Crippen LogP contribution in [0.3, 0.4) is 0 Å². The van der Waals surface area contributed by atoms with Crippen LogP contribution in [-0.2, 0) is 16.1 Å². The van der Waals surface area contributed by atoms with Crippen molar-refractivity contribution in [3.05, 3.63) is 17.5 Å². The van der Waals surface area contributed by atoms with Gasteiger partial charge in [-0.3, -0.25) is 14.8 Å². The summed E-state index contributed by atoms with van der Waals surface area (Å²) in [6, 6.07) is 1.94. The summed E-state index contributed by atoms with van der Waals surface area (Å²) >= 11 is 0. The van der Waals surface area contributed by atoms with Crippen LogP contribution in [0.15, 0.2) is 6.07 Å². The molecule has 2 aliphatic rings. The number of aromatic amines is 1. The fraction of sp³-hybridized carbons (Fsp3) is 0.750. The molecular weight excluding hydrogens is 337 g/mol. The van der Waals surface area contributed by atoms with E-state index < -0.39 is 24.5 Å². The maximum atomic E-state index is 12.5. The summed E-state index contributed by atoms with van der Waals surface area (Å²) in [5.41, 5.74) is 1.50. The van der Waals surface area contributed by atoms with Crippen molar-refractivity contribution in [1.82, 2.24) is 20.4 Å². The number of carbonyl (C=O) groups excluding carboxylic acids is 1. The first-order valence-electron chi connectivity index (χ1n) is 8.43. The summed E-state index contributed by atoms with van der Waals surface area (Å²) in [7, 11) is 0. The van der Waals surface area contributed by atoms with Gasteiger partial charge in [0.05, 0.1) is 11.6 Å². The number of aryl methyl sites for hydroxylation is 1. The third-order valence-electron chi connectivity index (χ3n) is 5.13. The molecule has 0 bridgehead atoms. The molecule has 3 rings (SSSR count). The molecule has 9 heteroatoms. The molecule has 1 atom stereocenters. The van der Waals surface area contributed by atoms with Gasteiger partial charge in [0.15, 0.2) is 0 Å². The molecule has 0 aromatic carbocycles. The highest BCUT2D eigenvalue weighted by atomic mass is 19.4. The molecular formula is C16H23F3N4O2. The third kappa shape index (κ3) is 4.33. The van der Waals surface area contributed by atoms with Crippen LogP contribution in [-0.4, -0.2) is 60.0 Å². The Kier molecular flexibility index (Phi) is 5.06. The highest BCUT2D eigenvalue weighted by molar-refractivity contribution is 5.80. The van der Waals surface area contributed by atoms with Crippen LogP contribution in [0.2, 0.25) is 0 Å². The normalized spacial score (nSPS) is 23.9. The molecule has 0 radical (unpaired) electrons. The highest BCUT2D eigenvalue weighted by Gasteiger charge is 2.50. The summed E-state index contributed by atoms with van der Waals surface area (Å²) < 4.78 is 42.7. The summed E-state index contributed by atoms with van der Waals surface area (Å²) in [5, 5.41) is 9.17. The van der Waals surface area contributed by atoms with E-state index in [1.54, 1.807) is 0 Å². The summed E-state index contributed by atoms with van der Waals surface area (Å²) in [6.07, 6.45) is -3.02. The van der Waals surface area contributed by atoms with Crippen molar-refractivity contribution in [2.45, 2.75) is 32.5 Å². The number of carbonyl (C=O) groups is 1. The smallest absolute Gasteiger partial charge is 0.381 e. The standard InChI is InChI=1S/C16H23F3N4O2/c1-11-6-12(22-21-11)7-23-8-13(14(24)20-9-16(17,18)19)15(10-23)2-4-25-5-3-15/h6,13H,2-5,7-10H2,1H3,(H,20,24)(H,21,22). The lowest BCUT2D eigenvalue weighted by Gasteiger charge is -2.37. The van der Waals surface area contributed by atoms with E-state index in [9.17, 15) is 18.0 Å².